The summed E-state index contributed by atoms with van der Waals surface area (Å²) < 4.78 is 10.1. The number of thioether (sulfide) groups is 1. The number of rotatable bonds is 8. The quantitative estimate of drug-likeness (QED) is 0.317. The van der Waals surface area contributed by atoms with Crippen LogP contribution >= 0.6 is 24.0 Å². The molecule has 2 N–H and O–H groups in total. The van der Waals surface area contributed by atoms with Crippen molar-refractivity contribution in [1.29, 1.82) is 0 Å². The number of benzene rings is 1. The fourth-order valence-electron chi connectivity index (χ4n) is 1.62. The predicted molar refractivity (Wildman–Crippen MR) is 96.7 cm³/mol. The molecule has 1 aromatic rings. The Balaban J connectivity index is 2.27. The highest BCUT2D eigenvalue weighted by Gasteiger charge is 2.08. The Morgan fingerprint density at radius 2 is 2.00 bits per heavy atom. The lowest BCUT2D eigenvalue weighted by atomic mass is 10.3. The minimum atomic E-state index is -0.116. The van der Waals surface area contributed by atoms with E-state index in [2.05, 4.69) is 10.7 Å². The van der Waals surface area contributed by atoms with E-state index >= 15 is 0 Å². The molecule has 8 heteroatoms. The van der Waals surface area contributed by atoms with Gasteiger partial charge in [0.2, 0.25) is 5.91 Å². The van der Waals surface area contributed by atoms with Crippen molar-refractivity contribution >= 4 is 35.0 Å². The minimum Gasteiger partial charge on any atom is -0.497 e. The van der Waals surface area contributed by atoms with Crippen molar-refractivity contribution in [2.75, 3.05) is 40.2 Å². The summed E-state index contributed by atoms with van der Waals surface area (Å²) in [5.74, 6) is 0.987. The molecule has 0 unspecified atom stereocenters. The molecule has 0 aliphatic carbocycles. The predicted octanol–water partition coefficient (Wildman–Crippen LogP) is 1.66. The molecule has 6 nitrogen and oxygen atoms in total. The van der Waals surface area contributed by atoms with Gasteiger partial charge in [-0.2, -0.15) is 0 Å². The molecule has 128 valence electrons. The summed E-state index contributed by atoms with van der Waals surface area (Å²) in [6.45, 7) is 1.37. The fraction of sp³-hybridized carbons (Fsp3) is 0.467. The second-order valence-electron chi connectivity index (χ2n) is 4.64. The van der Waals surface area contributed by atoms with Crippen LogP contribution in [0.3, 0.4) is 0 Å². The van der Waals surface area contributed by atoms with Gasteiger partial charge < -0.3 is 14.8 Å². The topological polar surface area (TPSA) is 62.8 Å². The molecular formula is C15H23N3O3S2. The van der Waals surface area contributed by atoms with Gasteiger partial charge in [-0.1, -0.05) is 0 Å². The molecule has 0 atom stereocenters. The Morgan fingerprint density at radius 1 is 1.30 bits per heavy atom. The standard InChI is InChI=1S/C15H23N3O3S2/c1-18(15(22)16-9-4-10-20-2)17-14(19)11-23-13-7-5-12(21-3)6-8-13/h5-8H,4,9-11H2,1-3H3,(H,16,22)(H,17,19). The Bertz CT molecular complexity index is 497. The van der Waals surface area contributed by atoms with Crippen LogP contribution in [0.2, 0.25) is 0 Å². The molecule has 1 rings (SSSR count). The first-order chi connectivity index (χ1) is 11.1. The highest BCUT2D eigenvalue weighted by Crippen LogP contribution is 2.20. The minimum absolute atomic E-state index is 0.116. The van der Waals surface area contributed by atoms with Gasteiger partial charge in [0.05, 0.1) is 12.9 Å². The second kappa shape index (κ2) is 11.1. The molecule has 0 spiro atoms. The molecule has 0 saturated heterocycles. The number of amides is 1. The molecule has 0 aliphatic heterocycles. The van der Waals surface area contributed by atoms with Crippen molar-refractivity contribution in [3.05, 3.63) is 24.3 Å². The van der Waals surface area contributed by atoms with Crippen LogP contribution in [0.25, 0.3) is 0 Å². The van der Waals surface area contributed by atoms with Gasteiger partial charge in [0.15, 0.2) is 5.11 Å². The van der Waals surface area contributed by atoms with Crippen molar-refractivity contribution in [3.8, 4) is 5.75 Å². The number of nitrogens with zero attached hydrogens (tertiary/aromatic N) is 1. The smallest absolute Gasteiger partial charge is 0.248 e. The number of hydrogen-bond acceptors (Lipinski definition) is 5. The Labute approximate surface area is 146 Å². The van der Waals surface area contributed by atoms with Crippen LogP contribution in [-0.2, 0) is 9.53 Å². The summed E-state index contributed by atoms with van der Waals surface area (Å²) in [4.78, 5) is 12.9. The Hall–Kier alpha value is -1.51. The van der Waals surface area contributed by atoms with E-state index < -0.39 is 0 Å². The molecule has 0 heterocycles. The average molecular weight is 358 g/mol. The first kappa shape index (κ1) is 19.5. The van der Waals surface area contributed by atoms with E-state index in [0.29, 0.717) is 24.0 Å². The van der Waals surface area contributed by atoms with Gasteiger partial charge >= 0.3 is 0 Å². The van der Waals surface area contributed by atoms with Crippen LogP contribution in [0.15, 0.2) is 29.2 Å². The molecule has 0 aliphatic rings. The van der Waals surface area contributed by atoms with Gasteiger partial charge in [0, 0.05) is 32.2 Å². The number of nitrogens with one attached hydrogen (secondary N) is 2. The van der Waals surface area contributed by atoms with E-state index in [4.69, 9.17) is 21.7 Å². The number of hydrogen-bond donors (Lipinski definition) is 2. The number of methoxy groups -OCH3 is 2. The maximum atomic E-state index is 11.9. The number of carbonyl (C=O) groups excluding carboxylic acids is 1. The van der Waals surface area contributed by atoms with E-state index in [1.807, 2.05) is 24.3 Å². The first-order valence-electron chi connectivity index (χ1n) is 7.13. The van der Waals surface area contributed by atoms with E-state index in [0.717, 1.165) is 17.1 Å². The molecule has 0 radical (unpaired) electrons. The van der Waals surface area contributed by atoms with Crippen molar-refractivity contribution in [2.45, 2.75) is 11.3 Å². The molecule has 0 saturated carbocycles. The maximum absolute atomic E-state index is 11.9. The third kappa shape index (κ3) is 8.06. The highest BCUT2D eigenvalue weighted by atomic mass is 32.2. The maximum Gasteiger partial charge on any atom is 0.248 e. The number of thiocarbonyl (C=S) groups is 1. The second-order valence-corrected chi connectivity index (χ2v) is 6.07. The van der Waals surface area contributed by atoms with Crippen LogP contribution in [0, 0.1) is 0 Å². The van der Waals surface area contributed by atoms with E-state index in [9.17, 15) is 4.79 Å². The molecule has 0 bridgehead atoms. The molecule has 1 amide bonds. The van der Waals surface area contributed by atoms with Crippen LogP contribution in [0.1, 0.15) is 6.42 Å². The fourth-order valence-corrected chi connectivity index (χ4v) is 2.46. The summed E-state index contributed by atoms with van der Waals surface area (Å²) in [6, 6.07) is 7.57. The van der Waals surface area contributed by atoms with Gasteiger partial charge in [-0.25, -0.2) is 0 Å². The van der Waals surface area contributed by atoms with E-state index in [-0.39, 0.29) is 5.91 Å². The molecule has 0 aromatic heterocycles. The van der Waals surface area contributed by atoms with Gasteiger partial charge in [-0.3, -0.25) is 15.2 Å². The summed E-state index contributed by atoms with van der Waals surface area (Å²) in [5.41, 5.74) is 2.73. The van der Waals surface area contributed by atoms with E-state index in [1.54, 1.807) is 21.3 Å². The zero-order valence-electron chi connectivity index (χ0n) is 13.6. The van der Waals surface area contributed by atoms with Gasteiger partial charge in [0.25, 0.3) is 0 Å². The number of ether oxygens (including phenoxy) is 2. The molecule has 0 fully saturated rings. The lowest BCUT2D eigenvalue weighted by Gasteiger charge is -2.21. The summed E-state index contributed by atoms with van der Waals surface area (Å²) in [6.07, 6.45) is 0.853. The molecular weight excluding hydrogens is 334 g/mol. The third-order valence-corrected chi connectivity index (χ3v) is 4.26. The van der Waals surface area contributed by atoms with Gasteiger partial charge in [0.1, 0.15) is 5.75 Å². The third-order valence-electron chi connectivity index (χ3n) is 2.83. The van der Waals surface area contributed by atoms with Crippen molar-refractivity contribution < 1.29 is 14.3 Å². The first-order valence-corrected chi connectivity index (χ1v) is 8.53. The SMILES string of the molecule is COCCCNC(=S)N(C)NC(=O)CSc1ccc(OC)cc1. The molecule has 23 heavy (non-hydrogen) atoms. The van der Waals surface area contributed by atoms with Crippen LogP contribution < -0.4 is 15.5 Å². The van der Waals surface area contributed by atoms with Crippen LogP contribution in [0.5, 0.6) is 5.75 Å². The summed E-state index contributed by atoms with van der Waals surface area (Å²) >= 11 is 6.64. The Morgan fingerprint density at radius 3 is 2.61 bits per heavy atom. The Kier molecular flexibility index (Phi) is 9.42. The zero-order chi connectivity index (χ0) is 17.1. The van der Waals surface area contributed by atoms with Gasteiger partial charge in [-0.15, -0.1) is 11.8 Å². The van der Waals surface area contributed by atoms with Crippen LogP contribution in [-0.4, -0.2) is 56.2 Å². The lowest BCUT2D eigenvalue weighted by Crippen LogP contribution is -2.48. The number of hydrazine groups is 1. The average Bonchev–Trinajstić information content (AvgIpc) is 2.57. The van der Waals surface area contributed by atoms with Crippen molar-refractivity contribution in [2.24, 2.45) is 0 Å². The van der Waals surface area contributed by atoms with Gasteiger partial charge in [-0.05, 0) is 42.9 Å². The largest absolute Gasteiger partial charge is 0.497 e. The summed E-state index contributed by atoms with van der Waals surface area (Å²) in [5, 5.41) is 5.04. The zero-order valence-corrected chi connectivity index (χ0v) is 15.3. The number of carbonyl (C=O) groups is 1. The highest BCUT2D eigenvalue weighted by molar-refractivity contribution is 8.00. The van der Waals surface area contributed by atoms with Crippen LogP contribution in [0.4, 0.5) is 0 Å². The molecule has 1 aromatic carbocycles. The normalized spacial score (nSPS) is 10.0. The van der Waals surface area contributed by atoms with E-state index in [1.165, 1.54) is 16.8 Å². The lowest BCUT2D eigenvalue weighted by molar-refractivity contribution is -0.121. The summed E-state index contributed by atoms with van der Waals surface area (Å²) in [7, 11) is 4.99. The monoisotopic (exact) mass is 357 g/mol. The van der Waals surface area contributed by atoms with Crippen molar-refractivity contribution in [1.82, 2.24) is 15.8 Å². The van der Waals surface area contributed by atoms with Crippen molar-refractivity contribution in [3.63, 3.8) is 0 Å².